The number of phenols is 1. The number of nitrogens with zero attached hydrogens (tertiary/aromatic N) is 1. The summed E-state index contributed by atoms with van der Waals surface area (Å²) in [6.07, 6.45) is 2.64. The van der Waals surface area contributed by atoms with Gasteiger partial charge < -0.3 is 9.29 Å². The molecule has 0 radical (unpaired) electrons. The van der Waals surface area contributed by atoms with E-state index >= 15 is 0 Å². The number of benzene rings is 2. The van der Waals surface area contributed by atoms with E-state index in [0.717, 1.165) is 11.0 Å². The summed E-state index contributed by atoms with van der Waals surface area (Å²) in [6.45, 7) is 3.64. The SMILES string of the molecule is C=CCN1C(=O)C(=Cc2ccc(OS(=O)(=O)c3ccccc3)cc2O)C(=O)NC1=S. The monoisotopic (exact) mass is 444 g/mol. The molecule has 154 valence electrons. The van der Waals surface area contributed by atoms with Crippen molar-refractivity contribution < 1.29 is 27.3 Å². The van der Waals surface area contributed by atoms with Crippen molar-refractivity contribution in [3.63, 3.8) is 0 Å². The van der Waals surface area contributed by atoms with Crippen LogP contribution < -0.4 is 9.50 Å². The molecule has 8 nitrogen and oxygen atoms in total. The Hall–Kier alpha value is -3.50. The van der Waals surface area contributed by atoms with E-state index in [9.17, 15) is 23.1 Å². The van der Waals surface area contributed by atoms with Gasteiger partial charge in [0.05, 0.1) is 0 Å². The molecule has 1 saturated heterocycles. The molecule has 0 saturated carbocycles. The van der Waals surface area contributed by atoms with Crippen LogP contribution >= 0.6 is 12.2 Å². The predicted molar refractivity (Wildman–Crippen MR) is 113 cm³/mol. The lowest BCUT2D eigenvalue weighted by molar-refractivity contribution is -0.128. The molecule has 3 rings (SSSR count). The Morgan fingerprint density at radius 2 is 1.87 bits per heavy atom. The zero-order valence-corrected chi connectivity index (χ0v) is 17.1. The van der Waals surface area contributed by atoms with Crippen molar-refractivity contribution in [2.75, 3.05) is 6.54 Å². The molecule has 0 aliphatic carbocycles. The lowest BCUT2D eigenvalue weighted by Gasteiger charge is -2.27. The van der Waals surface area contributed by atoms with Crippen LogP contribution in [0.15, 0.2) is 71.7 Å². The van der Waals surface area contributed by atoms with Crippen LogP contribution in [0.3, 0.4) is 0 Å². The molecule has 2 aromatic carbocycles. The van der Waals surface area contributed by atoms with Gasteiger partial charge in [0.1, 0.15) is 22.0 Å². The first-order valence-corrected chi connectivity index (χ1v) is 10.4. The van der Waals surface area contributed by atoms with E-state index < -0.39 is 21.9 Å². The average molecular weight is 444 g/mol. The average Bonchev–Trinajstić information content (AvgIpc) is 2.70. The Bertz CT molecular complexity index is 1170. The maximum absolute atomic E-state index is 12.5. The fourth-order valence-electron chi connectivity index (χ4n) is 2.60. The van der Waals surface area contributed by atoms with E-state index in [1.165, 1.54) is 36.4 Å². The highest BCUT2D eigenvalue weighted by atomic mass is 32.2. The number of nitrogens with one attached hydrogen (secondary N) is 1. The summed E-state index contributed by atoms with van der Waals surface area (Å²) < 4.78 is 29.6. The Balaban J connectivity index is 1.88. The topological polar surface area (TPSA) is 113 Å². The summed E-state index contributed by atoms with van der Waals surface area (Å²) in [5, 5.41) is 12.6. The van der Waals surface area contributed by atoms with Crippen molar-refractivity contribution >= 4 is 45.3 Å². The van der Waals surface area contributed by atoms with Gasteiger partial charge in [-0.05, 0) is 42.6 Å². The Kier molecular flexibility index (Phi) is 5.99. The van der Waals surface area contributed by atoms with Crippen molar-refractivity contribution in [1.29, 1.82) is 0 Å². The van der Waals surface area contributed by atoms with Crippen LogP contribution in [0, 0.1) is 0 Å². The number of amides is 2. The molecule has 2 amide bonds. The van der Waals surface area contributed by atoms with Gasteiger partial charge in [0.2, 0.25) is 0 Å². The molecule has 0 bridgehead atoms. The molecular weight excluding hydrogens is 428 g/mol. The maximum atomic E-state index is 12.5. The first kappa shape index (κ1) is 21.2. The molecule has 2 aromatic rings. The Morgan fingerprint density at radius 1 is 1.17 bits per heavy atom. The molecule has 10 heteroatoms. The van der Waals surface area contributed by atoms with Gasteiger partial charge in [-0.3, -0.25) is 19.8 Å². The molecule has 1 aliphatic rings. The largest absolute Gasteiger partial charge is 0.507 e. The number of hydrogen-bond acceptors (Lipinski definition) is 7. The van der Waals surface area contributed by atoms with Gasteiger partial charge >= 0.3 is 10.1 Å². The third-order valence-electron chi connectivity index (χ3n) is 4.04. The van der Waals surface area contributed by atoms with Crippen LogP contribution in [-0.2, 0) is 19.7 Å². The molecule has 1 heterocycles. The predicted octanol–water partition coefficient (Wildman–Crippen LogP) is 1.97. The lowest BCUT2D eigenvalue weighted by Crippen LogP contribution is -2.53. The van der Waals surface area contributed by atoms with E-state index in [1.54, 1.807) is 18.2 Å². The third-order valence-corrected chi connectivity index (χ3v) is 5.62. The molecule has 0 unspecified atom stereocenters. The van der Waals surface area contributed by atoms with Crippen LogP contribution in [0.1, 0.15) is 5.56 Å². The minimum absolute atomic E-state index is 0.0406. The fourth-order valence-corrected chi connectivity index (χ4v) is 3.80. The molecule has 30 heavy (non-hydrogen) atoms. The second-order valence-corrected chi connectivity index (χ2v) is 8.03. The van der Waals surface area contributed by atoms with Gasteiger partial charge in [0.15, 0.2) is 5.11 Å². The van der Waals surface area contributed by atoms with E-state index in [1.807, 2.05) is 0 Å². The van der Waals surface area contributed by atoms with E-state index in [-0.39, 0.29) is 39.2 Å². The summed E-state index contributed by atoms with van der Waals surface area (Å²) in [4.78, 5) is 25.8. The first-order valence-electron chi connectivity index (χ1n) is 8.55. The number of carbonyl (C=O) groups excluding carboxylic acids is 2. The number of rotatable bonds is 6. The molecular formula is C20H16N2O6S2. The minimum Gasteiger partial charge on any atom is -0.507 e. The second kappa shape index (κ2) is 8.47. The molecule has 1 fully saturated rings. The quantitative estimate of drug-likeness (QED) is 0.230. The maximum Gasteiger partial charge on any atom is 0.339 e. The molecule has 0 spiro atoms. The van der Waals surface area contributed by atoms with Crippen LogP contribution in [-0.4, -0.2) is 41.9 Å². The summed E-state index contributed by atoms with van der Waals surface area (Å²) in [7, 11) is -4.08. The molecule has 1 aliphatic heterocycles. The highest BCUT2D eigenvalue weighted by Crippen LogP contribution is 2.28. The van der Waals surface area contributed by atoms with Crippen LogP contribution in [0.5, 0.6) is 11.5 Å². The lowest BCUT2D eigenvalue weighted by atomic mass is 10.1. The summed E-state index contributed by atoms with van der Waals surface area (Å²) in [6, 6.07) is 11.2. The number of thiocarbonyl (C=S) groups is 1. The highest BCUT2D eigenvalue weighted by Gasteiger charge is 2.32. The Morgan fingerprint density at radius 3 is 2.50 bits per heavy atom. The smallest absolute Gasteiger partial charge is 0.339 e. The van der Waals surface area contributed by atoms with Crippen LogP contribution in [0.2, 0.25) is 0 Å². The molecule has 0 aromatic heterocycles. The first-order chi connectivity index (χ1) is 14.2. The van der Waals surface area contributed by atoms with Gasteiger partial charge in [-0.2, -0.15) is 8.42 Å². The van der Waals surface area contributed by atoms with Crippen LogP contribution in [0.4, 0.5) is 0 Å². The van der Waals surface area contributed by atoms with Crippen molar-refractivity contribution in [2.24, 2.45) is 0 Å². The van der Waals surface area contributed by atoms with Crippen LogP contribution in [0.25, 0.3) is 6.08 Å². The Labute approximate surface area is 178 Å². The number of carbonyl (C=O) groups is 2. The van der Waals surface area contributed by atoms with Gasteiger partial charge in [0, 0.05) is 18.2 Å². The van der Waals surface area contributed by atoms with E-state index in [2.05, 4.69) is 11.9 Å². The van der Waals surface area contributed by atoms with E-state index in [0.29, 0.717) is 0 Å². The third kappa shape index (κ3) is 4.39. The van der Waals surface area contributed by atoms with Gasteiger partial charge in [-0.25, -0.2) is 0 Å². The number of hydrogen-bond donors (Lipinski definition) is 2. The minimum atomic E-state index is -4.08. The molecule has 0 atom stereocenters. The highest BCUT2D eigenvalue weighted by molar-refractivity contribution is 7.87. The van der Waals surface area contributed by atoms with Crippen molar-refractivity contribution in [3.8, 4) is 11.5 Å². The van der Waals surface area contributed by atoms with Gasteiger partial charge in [-0.1, -0.05) is 24.3 Å². The number of phenolic OH excluding ortho intramolecular Hbond substituents is 1. The summed E-state index contributed by atoms with van der Waals surface area (Å²) >= 11 is 4.97. The van der Waals surface area contributed by atoms with Crippen molar-refractivity contribution in [3.05, 3.63) is 72.3 Å². The van der Waals surface area contributed by atoms with E-state index in [4.69, 9.17) is 16.4 Å². The fraction of sp³-hybridized carbons (Fsp3) is 0.0500. The second-order valence-electron chi connectivity index (χ2n) is 6.09. The summed E-state index contributed by atoms with van der Waals surface area (Å²) in [5.41, 5.74) is -0.129. The zero-order valence-electron chi connectivity index (χ0n) is 15.4. The van der Waals surface area contributed by atoms with Gasteiger partial charge in [0.25, 0.3) is 11.8 Å². The normalized spacial score (nSPS) is 15.8. The van der Waals surface area contributed by atoms with Crippen molar-refractivity contribution in [1.82, 2.24) is 10.2 Å². The summed E-state index contributed by atoms with van der Waals surface area (Å²) in [5.74, 6) is -1.87. The number of aromatic hydroxyl groups is 1. The molecule has 2 N–H and O–H groups in total. The van der Waals surface area contributed by atoms with Crippen molar-refractivity contribution in [2.45, 2.75) is 4.90 Å². The van der Waals surface area contributed by atoms with Gasteiger partial charge in [-0.15, -0.1) is 6.58 Å². The standard InChI is InChI=1S/C20H16N2O6S2/c1-2-10-22-19(25)16(18(24)21-20(22)29)11-13-8-9-14(12-17(13)23)28-30(26,27)15-6-4-3-5-7-15/h2-9,11-12,23H,1,10H2,(H,21,24,29). The zero-order chi connectivity index (χ0) is 21.9.